The van der Waals surface area contributed by atoms with E-state index in [-0.39, 0.29) is 0 Å². The highest BCUT2D eigenvalue weighted by molar-refractivity contribution is 5.38. The molecule has 1 aliphatic carbocycles. The molecule has 0 aromatic heterocycles. The summed E-state index contributed by atoms with van der Waals surface area (Å²) in [6.07, 6.45) is 4.88. The van der Waals surface area contributed by atoms with E-state index >= 15 is 0 Å². The van der Waals surface area contributed by atoms with Crippen LogP contribution in [0.25, 0.3) is 0 Å². The third kappa shape index (κ3) is 4.51. The smallest absolute Gasteiger partial charge is 0.124 e. The van der Waals surface area contributed by atoms with E-state index in [4.69, 9.17) is 4.74 Å². The molecule has 106 valence electrons. The van der Waals surface area contributed by atoms with Gasteiger partial charge in [0.15, 0.2) is 0 Å². The van der Waals surface area contributed by atoms with Gasteiger partial charge < -0.3 is 15.2 Å². The summed E-state index contributed by atoms with van der Waals surface area (Å²) in [6.45, 7) is 3.60. The molecule has 1 aromatic rings. The van der Waals surface area contributed by atoms with Gasteiger partial charge >= 0.3 is 0 Å². The number of nitrogens with one attached hydrogen (secondary N) is 1. The number of rotatable bonds is 8. The highest BCUT2D eigenvalue weighted by Gasteiger charge is 2.20. The molecular formula is C16H25NO2. The standard InChI is InChI=1S/C16H25NO2/c1-12-5-8-16(19-2)14(10-12)15(18)11-17-9-3-4-13-6-7-13/h5,8,10,13,15,17-18H,3-4,6-7,9,11H2,1-2H3. The van der Waals surface area contributed by atoms with Crippen LogP contribution in [0.15, 0.2) is 18.2 Å². The maximum absolute atomic E-state index is 10.2. The van der Waals surface area contributed by atoms with Crippen molar-refractivity contribution in [3.05, 3.63) is 29.3 Å². The first kappa shape index (κ1) is 14.4. The molecule has 0 radical (unpaired) electrons. The van der Waals surface area contributed by atoms with Crippen LogP contribution in [0.1, 0.15) is 42.9 Å². The van der Waals surface area contributed by atoms with E-state index < -0.39 is 6.10 Å². The summed E-state index contributed by atoms with van der Waals surface area (Å²) in [6, 6.07) is 5.91. The van der Waals surface area contributed by atoms with E-state index in [0.29, 0.717) is 6.54 Å². The molecule has 0 saturated heterocycles. The average Bonchev–Trinajstić information content (AvgIpc) is 3.22. The largest absolute Gasteiger partial charge is 0.496 e. The maximum atomic E-state index is 10.2. The molecule has 0 spiro atoms. The van der Waals surface area contributed by atoms with E-state index in [2.05, 4.69) is 5.32 Å². The Morgan fingerprint density at radius 2 is 2.21 bits per heavy atom. The van der Waals surface area contributed by atoms with Gasteiger partial charge in [0.1, 0.15) is 5.75 Å². The Morgan fingerprint density at radius 3 is 2.89 bits per heavy atom. The van der Waals surface area contributed by atoms with Crippen molar-refractivity contribution in [2.24, 2.45) is 5.92 Å². The molecule has 3 nitrogen and oxygen atoms in total. The quantitative estimate of drug-likeness (QED) is 0.709. The number of aliphatic hydroxyl groups excluding tert-OH is 1. The second kappa shape index (κ2) is 6.92. The first-order valence-electron chi connectivity index (χ1n) is 7.24. The van der Waals surface area contributed by atoms with Crippen molar-refractivity contribution in [2.45, 2.75) is 38.7 Å². The highest BCUT2D eigenvalue weighted by Crippen LogP contribution is 2.33. The molecule has 0 bridgehead atoms. The van der Waals surface area contributed by atoms with Gasteiger partial charge in [-0.3, -0.25) is 0 Å². The lowest BCUT2D eigenvalue weighted by atomic mass is 10.1. The molecule has 1 aliphatic rings. The minimum Gasteiger partial charge on any atom is -0.496 e. The summed E-state index contributed by atoms with van der Waals surface area (Å²) < 4.78 is 5.30. The minimum absolute atomic E-state index is 0.504. The van der Waals surface area contributed by atoms with Crippen molar-refractivity contribution in [2.75, 3.05) is 20.2 Å². The second-order valence-corrected chi connectivity index (χ2v) is 5.55. The summed E-state index contributed by atoms with van der Waals surface area (Å²) in [5, 5.41) is 13.6. The molecule has 0 heterocycles. The number of methoxy groups -OCH3 is 1. The third-order valence-corrected chi connectivity index (χ3v) is 3.74. The molecule has 2 rings (SSSR count). The lowest BCUT2D eigenvalue weighted by molar-refractivity contribution is 0.170. The highest BCUT2D eigenvalue weighted by atomic mass is 16.5. The first-order valence-corrected chi connectivity index (χ1v) is 7.24. The van der Waals surface area contributed by atoms with Gasteiger partial charge in [0.25, 0.3) is 0 Å². The van der Waals surface area contributed by atoms with Gasteiger partial charge in [0.2, 0.25) is 0 Å². The molecule has 19 heavy (non-hydrogen) atoms. The van der Waals surface area contributed by atoms with Crippen LogP contribution in [0.5, 0.6) is 5.75 Å². The van der Waals surface area contributed by atoms with Crippen molar-refractivity contribution in [1.82, 2.24) is 5.32 Å². The SMILES string of the molecule is COc1ccc(C)cc1C(O)CNCCCC1CC1. The summed E-state index contributed by atoms with van der Waals surface area (Å²) in [4.78, 5) is 0. The zero-order valence-corrected chi connectivity index (χ0v) is 12.0. The van der Waals surface area contributed by atoms with Gasteiger partial charge in [-0.25, -0.2) is 0 Å². The van der Waals surface area contributed by atoms with Gasteiger partial charge in [-0.1, -0.05) is 24.5 Å². The lowest BCUT2D eigenvalue weighted by Crippen LogP contribution is -2.23. The van der Waals surface area contributed by atoms with Crippen LogP contribution in [0.2, 0.25) is 0 Å². The van der Waals surface area contributed by atoms with Gasteiger partial charge in [0.05, 0.1) is 13.2 Å². The van der Waals surface area contributed by atoms with Gasteiger partial charge in [-0.05, 0) is 44.4 Å². The number of benzene rings is 1. The second-order valence-electron chi connectivity index (χ2n) is 5.55. The number of ether oxygens (including phenoxy) is 1. The fourth-order valence-electron chi connectivity index (χ4n) is 2.39. The van der Waals surface area contributed by atoms with Crippen molar-refractivity contribution in [3.63, 3.8) is 0 Å². The zero-order chi connectivity index (χ0) is 13.7. The Bertz CT molecular complexity index is 402. The number of aliphatic hydroxyl groups is 1. The Kier molecular flexibility index (Phi) is 5.23. The number of hydrogen-bond donors (Lipinski definition) is 2. The van der Waals surface area contributed by atoms with Crippen molar-refractivity contribution in [3.8, 4) is 5.75 Å². The summed E-state index contributed by atoms with van der Waals surface area (Å²) in [7, 11) is 1.64. The predicted molar refractivity (Wildman–Crippen MR) is 77.5 cm³/mol. The van der Waals surface area contributed by atoms with Crippen LogP contribution >= 0.6 is 0 Å². The van der Waals surface area contributed by atoms with Crippen LogP contribution in [-0.2, 0) is 0 Å². The molecule has 1 unspecified atom stereocenters. The van der Waals surface area contributed by atoms with Crippen molar-refractivity contribution < 1.29 is 9.84 Å². The normalized spacial score (nSPS) is 16.4. The Morgan fingerprint density at radius 1 is 1.42 bits per heavy atom. The molecule has 1 saturated carbocycles. The summed E-state index contributed by atoms with van der Waals surface area (Å²) >= 11 is 0. The maximum Gasteiger partial charge on any atom is 0.124 e. The minimum atomic E-state index is -0.504. The van der Waals surface area contributed by atoms with Crippen molar-refractivity contribution in [1.29, 1.82) is 0 Å². The first-order chi connectivity index (χ1) is 9.20. The van der Waals surface area contributed by atoms with E-state index in [1.807, 2.05) is 25.1 Å². The molecule has 1 fully saturated rings. The lowest BCUT2D eigenvalue weighted by Gasteiger charge is -2.16. The van der Waals surface area contributed by atoms with Crippen LogP contribution in [0, 0.1) is 12.8 Å². The van der Waals surface area contributed by atoms with Crippen molar-refractivity contribution >= 4 is 0 Å². The third-order valence-electron chi connectivity index (χ3n) is 3.74. The Balaban J connectivity index is 1.77. The Hall–Kier alpha value is -1.06. The Labute approximate surface area is 116 Å². The van der Waals surface area contributed by atoms with E-state index in [1.165, 1.54) is 25.7 Å². The van der Waals surface area contributed by atoms with Gasteiger partial charge in [0, 0.05) is 12.1 Å². The molecule has 1 atom stereocenters. The molecular weight excluding hydrogens is 238 g/mol. The van der Waals surface area contributed by atoms with E-state index in [9.17, 15) is 5.11 Å². The number of hydrogen-bond acceptors (Lipinski definition) is 3. The average molecular weight is 263 g/mol. The van der Waals surface area contributed by atoms with Gasteiger partial charge in [-0.2, -0.15) is 0 Å². The predicted octanol–water partition coefficient (Wildman–Crippen LogP) is 2.82. The fraction of sp³-hybridized carbons (Fsp3) is 0.625. The van der Waals surface area contributed by atoms with E-state index in [1.54, 1.807) is 7.11 Å². The summed E-state index contributed by atoms with van der Waals surface area (Å²) in [5.74, 6) is 1.75. The van der Waals surface area contributed by atoms with E-state index in [0.717, 1.165) is 29.3 Å². The zero-order valence-electron chi connectivity index (χ0n) is 12.0. The molecule has 0 aliphatic heterocycles. The molecule has 0 amide bonds. The molecule has 3 heteroatoms. The topological polar surface area (TPSA) is 41.5 Å². The molecule has 2 N–H and O–H groups in total. The number of aryl methyl sites for hydroxylation is 1. The van der Waals surface area contributed by atoms with Crippen LogP contribution in [0.3, 0.4) is 0 Å². The monoisotopic (exact) mass is 263 g/mol. The fourth-order valence-corrected chi connectivity index (χ4v) is 2.39. The van der Waals surface area contributed by atoms with Crippen LogP contribution in [0.4, 0.5) is 0 Å². The van der Waals surface area contributed by atoms with Crippen LogP contribution < -0.4 is 10.1 Å². The van der Waals surface area contributed by atoms with Crippen LogP contribution in [-0.4, -0.2) is 25.3 Å². The van der Waals surface area contributed by atoms with Gasteiger partial charge in [-0.15, -0.1) is 0 Å². The summed E-state index contributed by atoms with van der Waals surface area (Å²) in [5.41, 5.74) is 2.01. The molecule has 1 aromatic carbocycles.